The van der Waals surface area contributed by atoms with E-state index in [1.807, 2.05) is 0 Å². The highest BCUT2D eigenvalue weighted by Crippen LogP contribution is 2.28. The predicted octanol–water partition coefficient (Wildman–Crippen LogP) is 2.57. The lowest BCUT2D eigenvalue weighted by molar-refractivity contribution is -0.117. The Hall–Kier alpha value is -3.02. The van der Waals surface area contributed by atoms with Crippen LogP contribution in [-0.2, 0) is 19.6 Å². The number of methoxy groups -OCH3 is 1. The SMILES string of the molecule is COc1ccc(S(=O)(=O)N[C@@H](C)C(=O)Nc2nc3ccc(NC(C)=O)cc3s2)cc1. The summed E-state index contributed by atoms with van der Waals surface area (Å²) in [6.07, 6.45) is 0. The highest BCUT2D eigenvalue weighted by atomic mass is 32.2. The maximum absolute atomic E-state index is 12.5. The fraction of sp³-hybridized carbons (Fsp3) is 0.211. The average Bonchev–Trinajstić information content (AvgIpc) is 3.08. The molecule has 0 bridgehead atoms. The van der Waals surface area contributed by atoms with E-state index in [-0.39, 0.29) is 10.8 Å². The Morgan fingerprint density at radius 3 is 2.43 bits per heavy atom. The summed E-state index contributed by atoms with van der Waals surface area (Å²) in [7, 11) is -2.40. The van der Waals surface area contributed by atoms with Gasteiger partial charge in [0.1, 0.15) is 5.75 Å². The van der Waals surface area contributed by atoms with Crippen LogP contribution in [0.25, 0.3) is 10.2 Å². The Kier molecular flexibility index (Phi) is 6.34. The summed E-state index contributed by atoms with van der Waals surface area (Å²) in [5.74, 6) is -0.212. The predicted molar refractivity (Wildman–Crippen MR) is 115 cm³/mol. The number of carbonyl (C=O) groups is 2. The molecule has 30 heavy (non-hydrogen) atoms. The van der Waals surface area contributed by atoms with E-state index in [0.29, 0.717) is 22.1 Å². The molecule has 0 unspecified atom stereocenters. The van der Waals surface area contributed by atoms with Crippen molar-refractivity contribution in [3.05, 3.63) is 42.5 Å². The van der Waals surface area contributed by atoms with Gasteiger partial charge in [0, 0.05) is 12.6 Å². The number of sulfonamides is 1. The number of hydrogen-bond donors (Lipinski definition) is 3. The summed E-state index contributed by atoms with van der Waals surface area (Å²) < 4.78 is 33.1. The number of nitrogens with zero attached hydrogens (tertiary/aromatic N) is 1. The summed E-state index contributed by atoms with van der Waals surface area (Å²) in [6, 6.07) is 9.99. The molecule has 158 valence electrons. The van der Waals surface area contributed by atoms with Gasteiger partial charge in [-0.05, 0) is 49.4 Å². The molecule has 0 saturated carbocycles. The fourth-order valence-electron chi connectivity index (χ4n) is 2.58. The topological polar surface area (TPSA) is 126 Å². The summed E-state index contributed by atoms with van der Waals surface area (Å²) in [5, 5.41) is 5.62. The van der Waals surface area contributed by atoms with Gasteiger partial charge in [0.2, 0.25) is 21.8 Å². The minimum Gasteiger partial charge on any atom is -0.497 e. The number of aromatic nitrogens is 1. The zero-order valence-corrected chi connectivity index (χ0v) is 18.1. The number of anilines is 2. The highest BCUT2D eigenvalue weighted by Gasteiger charge is 2.23. The normalized spacial score (nSPS) is 12.4. The van der Waals surface area contributed by atoms with Gasteiger partial charge < -0.3 is 15.4 Å². The molecule has 0 spiro atoms. The van der Waals surface area contributed by atoms with Crippen LogP contribution in [0.2, 0.25) is 0 Å². The van der Waals surface area contributed by atoms with Crippen LogP contribution in [-0.4, -0.2) is 38.4 Å². The van der Waals surface area contributed by atoms with Crippen molar-refractivity contribution in [2.75, 3.05) is 17.7 Å². The van der Waals surface area contributed by atoms with Gasteiger partial charge in [0.05, 0.1) is 28.3 Å². The molecule has 2 amide bonds. The van der Waals surface area contributed by atoms with Crippen LogP contribution in [0.1, 0.15) is 13.8 Å². The number of thiazole rings is 1. The third kappa shape index (κ3) is 5.12. The lowest BCUT2D eigenvalue weighted by atomic mass is 10.3. The van der Waals surface area contributed by atoms with Crippen LogP contribution in [0.4, 0.5) is 10.8 Å². The van der Waals surface area contributed by atoms with Crippen LogP contribution < -0.4 is 20.1 Å². The zero-order chi connectivity index (χ0) is 21.9. The quantitative estimate of drug-likeness (QED) is 0.510. The number of ether oxygens (including phenoxy) is 1. The molecular weight excluding hydrogens is 428 g/mol. The standard InChI is InChI=1S/C19H20N4O5S2/c1-11(23-30(26,27)15-7-5-14(28-3)6-8-15)18(25)22-19-21-16-9-4-13(20-12(2)24)10-17(16)29-19/h4-11,23H,1-3H3,(H,20,24)(H,21,22,25)/t11-/m0/s1. The van der Waals surface area contributed by atoms with Crippen molar-refractivity contribution < 1.29 is 22.7 Å². The highest BCUT2D eigenvalue weighted by molar-refractivity contribution is 7.89. The maximum Gasteiger partial charge on any atom is 0.244 e. The molecule has 3 aromatic rings. The van der Waals surface area contributed by atoms with Crippen molar-refractivity contribution in [3.63, 3.8) is 0 Å². The largest absolute Gasteiger partial charge is 0.497 e. The third-order valence-corrected chi connectivity index (χ3v) is 6.52. The van der Waals surface area contributed by atoms with Gasteiger partial charge in [-0.3, -0.25) is 9.59 Å². The summed E-state index contributed by atoms with van der Waals surface area (Å²) in [6.45, 7) is 2.86. The summed E-state index contributed by atoms with van der Waals surface area (Å²) in [5.41, 5.74) is 1.27. The smallest absolute Gasteiger partial charge is 0.244 e. The van der Waals surface area contributed by atoms with E-state index in [2.05, 4.69) is 20.3 Å². The number of rotatable bonds is 7. The Bertz CT molecular complexity index is 1190. The average molecular weight is 449 g/mol. The Labute approximate surface area is 177 Å². The molecule has 2 aromatic carbocycles. The number of amides is 2. The Balaban J connectivity index is 1.69. The first-order chi connectivity index (χ1) is 14.2. The van der Waals surface area contributed by atoms with E-state index in [1.165, 1.54) is 56.6 Å². The van der Waals surface area contributed by atoms with E-state index in [0.717, 1.165) is 4.70 Å². The maximum atomic E-state index is 12.5. The van der Waals surface area contributed by atoms with Crippen LogP contribution in [0.15, 0.2) is 47.4 Å². The molecule has 1 heterocycles. The molecule has 3 N–H and O–H groups in total. The number of benzene rings is 2. The van der Waals surface area contributed by atoms with Crippen molar-refractivity contribution in [2.45, 2.75) is 24.8 Å². The first-order valence-electron chi connectivity index (χ1n) is 8.83. The van der Waals surface area contributed by atoms with Gasteiger partial charge in [0.25, 0.3) is 0 Å². The molecule has 1 atom stereocenters. The van der Waals surface area contributed by atoms with Crippen molar-refractivity contribution in [2.24, 2.45) is 0 Å². The molecule has 3 rings (SSSR count). The number of fused-ring (bicyclic) bond motifs is 1. The van der Waals surface area contributed by atoms with E-state index in [9.17, 15) is 18.0 Å². The first kappa shape index (κ1) is 21.7. The second-order valence-electron chi connectivity index (χ2n) is 6.39. The molecule has 0 radical (unpaired) electrons. The minimum absolute atomic E-state index is 0.0217. The number of hydrogen-bond acceptors (Lipinski definition) is 7. The van der Waals surface area contributed by atoms with Gasteiger partial charge in [-0.25, -0.2) is 13.4 Å². The van der Waals surface area contributed by atoms with Crippen molar-refractivity contribution in [1.82, 2.24) is 9.71 Å². The molecule has 0 aliphatic carbocycles. The Morgan fingerprint density at radius 1 is 1.10 bits per heavy atom. The van der Waals surface area contributed by atoms with Gasteiger partial charge in [0.15, 0.2) is 5.13 Å². The monoisotopic (exact) mass is 448 g/mol. The Morgan fingerprint density at radius 2 is 1.80 bits per heavy atom. The van der Waals surface area contributed by atoms with Crippen molar-refractivity contribution >= 4 is 54.2 Å². The van der Waals surface area contributed by atoms with E-state index >= 15 is 0 Å². The van der Waals surface area contributed by atoms with Gasteiger partial charge in [-0.1, -0.05) is 11.3 Å². The van der Waals surface area contributed by atoms with Crippen LogP contribution in [0.3, 0.4) is 0 Å². The van der Waals surface area contributed by atoms with E-state index in [4.69, 9.17) is 4.74 Å². The van der Waals surface area contributed by atoms with Gasteiger partial charge in [-0.15, -0.1) is 0 Å². The summed E-state index contributed by atoms with van der Waals surface area (Å²) in [4.78, 5) is 28.0. The molecule has 11 heteroatoms. The number of carbonyl (C=O) groups excluding carboxylic acids is 2. The van der Waals surface area contributed by atoms with Crippen LogP contribution in [0, 0.1) is 0 Å². The van der Waals surface area contributed by atoms with E-state index in [1.54, 1.807) is 18.2 Å². The van der Waals surface area contributed by atoms with Crippen LogP contribution >= 0.6 is 11.3 Å². The molecule has 0 aliphatic rings. The molecule has 1 aromatic heterocycles. The first-order valence-corrected chi connectivity index (χ1v) is 11.1. The van der Waals surface area contributed by atoms with Crippen molar-refractivity contribution in [1.29, 1.82) is 0 Å². The minimum atomic E-state index is -3.89. The second-order valence-corrected chi connectivity index (χ2v) is 9.14. The van der Waals surface area contributed by atoms with Gasteiger partial charge in [-0.2, -0.15) is 4.72 Å². The van der Waals surface area contributed by atoms with Crippen LogP contribution in [0.5, 0.6) is 5.75 Å². The lowest BCUT2D eigenvalue weighted by Crippen LogP contribution is -2.41. The lowest BCUT2D eigenvalue weighted by Gasteiger charge is -2.13. The third-order valence-electron chi connectivity index (χ3n) is 4.03. The molecule has 0 fully saturated rings. The molecule has 0 saturated heterocycles. The number of nitrogens with one attached hydrogen (secondary N) is 3. The van der Waals surface area contributed by atoms with Crippen molar-refractivity contribution in [3.8, 4) is 5.75 Å². The molecule has 0 aliphatic heterocycles. The second kappa shape index (κ2) is 8.78. The van der Waals surface area contributed by atoms with E-state index < -0.39 is 22.0 Å². The molecular formula is C19H20N4O5S2. The summed E-state index contributed by atoms with van der Waals surface area (Å²) >= 11 is 1.22. The van der Waals surface area contributed by atoms with Gasteiger partial charge >= 0.3 is 0 Å². The molecule has 9 nitrogen and oxygen atoms in total. The zero-order valence-electron chi connectivity index (χ0n) is 16.4. The fourth-order valence-corrected chi connectivity index (χ4v) is 4.69.